The molecule has 41 heavy (non-hydrogen) atoms. The standard InChI is InChI=1S/C31H34N6O4/c1-21-11-13-23(14-12-21)30-33-35-36(34-30)20-28(38)37(25-9-6-10-27(19-25)41-3)29(22-15-17-26(40-2)18-16-22)31(39)32-24-7-4-5-8-24/h6,9-19,24,29H,4-5,7-8,20H2,1-3H3,(H,32,39)/t29-/m1/s1. The van der Waals surface area contributed by atoms with Gasteiger partial charge in [-0.25, -0.2) is 0 Å². The first-order valence-corrected chi connectivity index (χ1v) is 13.7. The van der Waals surface area contributed by atoms with Gasteiger partial charge in [-0.1, -0.05) is 60.9 Å². The molecule has 1 heterocycles. The van der Waals surface area contributed by atoms with Crippen LogP contribution in [0.3, 0.4) is 0 Å². The van der Waals surface area contributed by atoms with Crippen LogP contribution in [0.5, 0.6) is 11.5 Å². The summed E-state index contributed by atoms with van der Waals surface area (Å²) in [5, 5.41) is 15.9. The van der Waals surface area contributed by atoms with Crippen LogP contribution in [0.25, 0.3) is 11.4 Å². The number of nitrogens with one attached hydrogen (secondary N) is 1. The van der Waals surface area contributed by atoms with E-state index in [0.717, 1.165) is 36.8 Å². The Balaban J connectivity index is 1.52. The van der Waals surface area contributed by atoms with Crippen molar-refractivity contribution < 1.29 is 19.1 Å². The molecule has 10 heteroatoms. The van der Waals surface area contributed by atoms with Gasteiger partial charge in [-0.05, 0) is 54.8 Å². The van der Waals surface area contributed by atoms with Gasteiger partial charge in [0.05, 0.1) is 14.2 Å². The predicted molar refractivity (Wildman–Crippen MR) is 155 cm³/mol. The van der Waals surface area contributed by atoms with E-state index in [9.17, 15) is 9.59 Å². The largest absolute Gasteiger partial charge is 0.497 e. The van der Waals surface area contributed by atoms with E-state index in [4.69, 9.17) is 9.47 Å². The number of methoxy groups -OCH3 is 2. The fourth-order valence-electron chi connectivity index (χ4n) is 5.08. The zero-order valence-electron chi connectivity index (χ0n) is 23.5. The van der Waals surface area contributed by atoms with Crippen LogP contribution in [-0.2, 0) is 16.1 Å². The average Bonchev–Trinajstić information content (AvgIpc) is 3.68. The molecule has 1 fully saturated rings. The summed E-state index contributed by atoms with van der Waals surface area (Å²) in [7, 11) is 3.15. The van der Waals surface area contributed by atoms with Crippen LogP contribution in [0.2, 0.25) is 0 Å². The zero-order chi connectivity index (χ0) is 28.8. The zero-order valence-corrected chi connectivity index (χ0v) is 23.5. The molecule has 1 saturated carbocycles. The molecule has 0 radical (unpaired) electrons. The van der Waals surface area contributed by atoms with E-state index in [0.29, 0.717) is 28.6 Å². The highest BCUT2D eigenvalue weighted by Crippen LogP contribution is 2.32. The number of amides is 2. The molecule has 4 aromatic rings. The summed E-state index contributed by atoms with van der Waals surface area (Å²) in [6, 6.07) is 21.2. The lowest BCUT2D eigenvalue weighted by atomic mass is 10.0. The van der Waals surface area contributed by atoms with E-state index < -0.39 is 6.04 Å². The van der Waals surface area contributed by atoms with Gasteiger partial charge in [0, 0.05) is 23.4 Å². The molecule has 3 aromatic carbocycles. The molecule has 1 aromatic heterocycles. The number of hydrogen-bond donors (Lipinski definition) is 1. The van der Waals surface area contributed by atoms with Crippen molar-refractivity contribution in [2.24, 2.45) is 0 Å². The van der Waals surface area contributed by atoms with E-state index in [1.165, 1.54) is 9.70 Å². The molecule has 10 nitrogen and oxygen atoms in total. The number of benzene rings is 3. The van der Waals surface area contributed by atoms with E-state index in [2.05, 4.69) is 20.7 Å². The third-order valence-electron chi connectivity index (χ3n) is 7.28. The molecule has 212 valence electrons. The third kappa shape index (κ3) is 6.54. The lowest BCUT2D eigenvalue weighted by Crippen LogP contribution is -2.47. The number of ether oxygens (including phenoxy) is 2. The highest BCUT2D eigenvalue weighted by atomic mass is 16.5. The van der Waals surface area contributed by atoms with Gasteiger partial charge < -0.3 is 14.8 Å². The van der Waals surface area contributed by atoms with Crippen molar-refractivity contribution in [2.75, 3.05) is 19.1 Å². The fourth-order valence-corrected chi connectivity index (χ4v) is 5.08. The van der Waals surface area contributed by atoms with Crippen molar-refractivity contribution in [1.82, 2.24) is 25.5 Å². The van der Waals surface area contributed by atoms with Gasteiger partial charge in [-0.2, -0.15) is 4.80 Å². The van der Waals surface area contributed by atoms with E-state index >= 15 is 0 Å². The van der Waals surface area contributed by atoms with Gasteiger partial charge in [-0.3, -0.25) is 14.5 Å². The Kier molecular flexibility index (Phi) is 8.57. The van der Waals surface area contributed by atoms with E-state index in [-0.39, 0.29) is 24.4 Å². The van der Waals surface area contributed by atoms with Crippen molar-refractivity contribution in [3.63, 3.8) is 0 Å². The van der Waals surface area contributed by atoms with Crippen LogP contribution < -0.4 is 19.7 Å². The second-order valence-electron chi connectivity index (χ2n) is 10.1. The van der Waals surface area contributed by atoms with Crippen LogP contribution in [0.15, 0.2) is 72.8 Å². The smallest absolute Gasteiger partial charge is 0.251 e. The summed E-state index contributed by atoms with van der Waals surface area (Å²) in [6.07, 6.45) is 3.97. The van der Waals surface area contributed by atoms with Crippen molar-refractivity contribution in [2.45, 2.75) is 51.2 Å². The van der Waals surface area contributed by atoms with Gasteiger partial charge in [0.15, 0.2) is 0 Å². The summed E-state index contributed by atoms with van der Waals surface area (Å²) in [6.45, 7) is 1.78. The topological polar surface area (TPSA) is 111 Å². The summed E-state index contributed by atoms with van der Waals surface area (Å²) < 4.78 is 10.8. The van der Waals surface area contributed by atoms with Crippen LogP contribution in [0.1, 0.15) is 42.9 Å². The highest BCUT2D eigenvalue weighted by molar-refractivity contribution is 6.01. The molecule has 0 saturated heterocycles. The molecular weight excluding hydrogens is 520 g/mol. The van der Waals surface area contributed by atoms with Crippen molar-refractivity contribution in [1.29, 1.82) is 0 Å². The molecular formula is C31H34N6O4. The van der Waals surface area contributed by atoms with Crippen LogP contribution in [0, 0.1) is 6.92 Å². The molecule has 0 aliphatic heterocycles. The number of nitrogens with zero attached hydrogens (tertiary/aromatic N) is 5. The first-order valence-electron chi connectivity index (χ1n) is 13.7. The summed E-state index contributed by atoms with van der Waals surface area (Å²) in [5.41, 5.74) is 3.07. The van der Waals surface area contributed by atoms with Crippen LogP contribution in [0.4, 0.5) is 5.69 Å². The molecule has 0 spiro atoms. The first kappa shape index (κ1) is 27.8. The number of tetrazole rings is 1. The Bertz CT molecular complexity index is 1480. The maximum atomic E-state index is 14.1. The van der Waals surface area contributed by atoms with Gasteiger partial charge >= 0.3 is 0 Å². The van der Waals surface area contributed by atoms with E-state index in [1.54, 1.807) is 62.8 Å². The molecule has 1 aliphatic rings. The Morgan fingerprint density at radius 3 is 2.37 bits per heavy atom. The highest BCUT2D eigenvalue weighted by Gasteiger charge is 2.35. The Morgan fingerprint density at radius 1 is 0.976 bits per heavy atom. The van der Waals surface area contributed by atoms with Crippen LogP contribution in [-0.4, -0.2) is 52.3 Å². The third-order valence-corrected chi connectivity index (χ3v) is 7.28. The van der Waals surface area contributed by atoms with Crippen molar-refractivity contribution >= 4 is 17.5 Å². The van der Waals surface area contributed by atoms with E-state index in [1.807, 2.05) is 31.2 Å². The Morgan fingerprint density at radius 2 is 1.68 bits per heavy atom. The minimum Gasteiger partial charge on any atom is -0.497 e. The maximum absolute atomic E-state index is 14.1. The Labute approximate surface area is 239 Å². The summed E-state index contributed by atoms with van der Waals surface area (Å²) >= 11 is 0. The second kappa shape index (κ2) is 12.6. The quantitative estimate of drug-likeness (QED) is 0.307. The molecule has 1 N–H and O–H groups in total. The number of anilines is 1. The molecule has 0 bridgehead atoms. The normalized spacial score (nSPS) is 13.9. The molecule has 5 rings (SSSR count). The molecule has 1 aliphatic carbocycles. The van der Waals surface area contributed by atoms with Gasteiger partial charge in [-0.15, -0.1) is 10.2 Å². The number of aromatic nitrogens is 4. The first-order chi connectivity index (χ1) is 19.9. The minimum absolute atomic E-state index is 0.0690. The number of aryl methyl sites for hydroxylation is 1. The second-order valence-corrected chi connectivity index (χ2v) is 10.1. The monoisotopic (exact) mass is 554 g/mol. The van der Waals surface area contributed by atoms with Crippen molar-refractivity contribution in [3.8, 4) is 22.9 Å². The number of rotatable bonds is 10. The van der Waals surface area contributed by atoms with Gasteiger partial charge in [0.1, 0.15) is 24.1 Å². The van der Waals surface area contributed by atoms with Crippen molar-refractivity contribution in [3.05, 3.63) is 83.9 Å². The fraction of sp³-hybridized carbons (Fsp3) is 0.323. The minimum atomic E-state index is -0.957. The van der Waals surface area contributed by atoms with Gasteiger partial charge in [0.25, 0.3) is 5.91 Å². The molecule has 0 unspecified atom stereocenters. The number of carbonyl (C=O) groups excluding carboxylic acids is 2. The maximum Gasteiger partial charge on any atom is 0.251 e. The lowest BCUT2D eigenvalue weighted by Gasteiger charge is -2.32. The summed E-state index contributed by atoms with van der Waals surface area (Å²) in [5.74, 6) is 0.985. The Hall–Kier alpha value is -4.73. The lowest BCUT2D eigenvalue weighted by molar-refractivity contribution is -0.127. The van der Waals surface area contributed by atoms with Crippen LogP contribution >= 0.6 is 0 Å². The van der Waals surface area contributed by atoms with Gasteiger partial charge in [0.2, 0.25) is 11.7 Å². The summed E-state index contributed by atoms with van der Waals surface area (Å²) in [4.78, 5) is 30.9. The molecule has 2 amide bonds. The predicted octanol–water partition coefficient (Wildman–Crippen LogP) is 4.50. The average molecular weight is 555 g/mol. The number of hydrogen-bond acceptors (Lipinski definition) is 7. The molecule has 1 atom stereocenters. The number of carbonyl (C=O) groups is 2. The SMILES string of the molecule is COc1ccc([C@H](C(=O)NC2CCCC2)N(C(=O)Cn2nnc(-c3ccc(C)cc3)n2)c2cccc(OC)c2)cc1.